The van der Waals surface area contributed by atoms with E-state index in [0.29, 0.717) is 0 Å². The van der Waals surface area contributed by atoms with Crippen LogP contribution in [0, 0.1) is 0 Å². The van der Waals surface area contributed by atoms with E-state index < -0.39 is 0 Å². The fourth-order valence-corrected chi connectivity index (χ4v) is 4.46. The molecule has 0 saturated carbocycles. The minimum Gasteiger partial charge on any atom is -1.00 e. The second kappa shape index (κ2) is 8.05. The zero-order valence-corrected chi connectivity index (χ0v) is 15.5. The maximum atomic E-state index is 2.37. The molecule has 0 saturated heterocycles. The van der Waals surface area contributed by atoms with Crippen LogP contribution in [0.4, 0.5) is 0 Å². The smallest absolute Gasteiger partial charge is 1.00 e. The van der Waals surface area contributed by atoms with Crippen molar-refractivity contribution < 1.29 is 45.2 Å². The predicted octanol–water partition coefficient (Wildman–Crippen LogP) is -1.25. The Morgan fingerprint density at radius 3 is 2.53 bits per heavy atom. The molecule has 2 rings (SSSR count). The molecular formula is C15H19Cl2STi. The van der Waals surface area contributed by atoms with Gasteiger partial charge in [-0.2, -0.15) is 0 Å². The SMILES string of the molecule is CCCc1ccsc1C(C)(C)C1=[C]([Ti+2])CC=C1.[Cl-].[Cl-]. The second-order valence-electron chi connectivity index (χ2n) is 5.15. The van der Waals surface area contributed by atoms with Gasteiger partial charge in [0.05, 0.1) is 0 Å². The van der Waals surface area contributed by atoms with Crippen molar-refractivity contribution in [3.05, 3.63) is 43.5 Å². The van der Waals surface area contributed by atoms with Gasteiger partial charge in [-0.05, 0) is 0 Å². The predicted molar refractivity (Wildman–Crippen MR) is 72.1 cm³/mol. The Kier molecular flexibility index (Phi) is 8.25. The van der Waals surface area contributed by atoms with Gasteiger partial charge in [0.2, 0.25) is 0 Å². The van der Waals surface area contributed by atoms with Gasteiger partial charge in [-0.3, -0.25) is 0 Å². The quantitative estimate of drug-likeness (QED) is 0.596. The van der Waals surface area contributed by atoms with Crippen LogP contribution in [-0.4, -0.2) is 0 Å². The number of thiophene rings is 1. The van der Waals surface area contributed by atoms with E-state index in [1.807, 2.05) is 11.3 Å². The summed E-state index contributed by atoms with van der Waals surface area (Å²) >= 11 is 4.19. The zero-order chi connectivity index (χ0) is 12.5. The van der Waals surface area contributed by atoms with E-state index in [0.717, 1.165) is 6.42 Å². The number of allylic oxidation sites excluding steroid dienone is 4. The first-order valence-electron chi connectivity index (χ1n) is 6.26. The minimum atomic E-state index is 0. The molecule has 103 valence electrons. The molecule has 1 heterocycles. The van der Waals surface area contributed by atoms with Crippen molar-refractivity contribution in [3.63, 3.8) is 0 Å². The van der Waals surface area contributed by atoms with Crippen LogP contribution < -0.4 is 24.8 Å². The molecule has 1 aromatic heterocycles. The van der Waals surface area contributed by atoms with Gasteiger partial charge in [-0.15, -0.1) is 0 Å². The van der Waals surface area contributed by atoms with Crippen molar-refractivity contribution >= 4 is 11.3 Å². The number of rotatable bonds is 4. The molecule has 0 N–H and O–H groups in total. The molecule has 0 aliphatic heterocycles. The van der Waals surface area contributed by atoms with E-state index >= 15 is 0 Å². The van der Waals surface area contributed by atoms with Gasteiger partial charge in [0.1, 0.15) is 0 Å². The molecule has 0 nitrogen and oxygen atoms in total. The zero-order valence-electron chi connectivity index (χ0n) is 11.6. The summed E-state index contributed by atoms with van der Waals surface area (Å²) in [6, 6.07) is 2.31. The summed E-state index contributed by atoms with van der Waals surface area (Å²) in [5.74, 6) is 0. The van der Waals surface area contributed by atoms with Crippen LogP contribution in [0.2, 0.25) is 0 Å². The molecule has 0 radical (unpaired) electrons. The topological polar surface area (TPSA) is 0 Å². The van der Waals surface area contributed by atoms with Gasteiger partial charge >= 0.3 is 121 Å². The molecular weight excluding hydrogens is 331 g/mol. The molecule has 0 aromatic carbocycles. The van der Waals surface area contributed by atoms with Gasteiger partial charge in [0.15, 0.2) is 0 Å². The van der Waals surface area contributed by atoms with Crippen molar-refractivity contribution in [2.45, 2.75) is 45.4 Å². The average Bonchev–Trinajstić information content (AvgIpc) is 2.87. The molecule has 0 amide bonds. The maximum absolute atomic E-state index is 2.37. The van der Waals surface area contributed by atoms with Crippen molar-refractivity contribution in [3.8, 4) is 0 Å². The Hall–Kier alpha value is 0.474. The molecule has 0 spiro atoms. The molecule has 1 aliphatic carbocycles. The molecule has 19 heavy (non-hydrogen) atoms. The van der Waals surface area contributed by atoms with E-state index in [1.54, 1.807) is 10.4 Å². The average molecular weight is 350 g/mol. The van der Waals surface area contributed by atoms with E-state index in [2.05, 4.69) is 64.8 Å². The number of aryl methyl sites for hydroxylation is 1. The first kappa shape index (κ1) is 19.5. The third kappa shape index (κ3) is 3.98. The molecule has 0 unspecified atom stereocenters. The van der Waals surface area contributed by atoms with Gasteiger partial charge < -0.3 is 24.8 Å². The summed E-state index contributed by atoms with van der Waals surface area (Å²) in [6.07, 6.45) is 8.18. The molecule has 0 bridgehead atoms. The van der Waals surface area contributed by atoms with E-state index in [-0.39, 0.29) is 30.2 Å². The number of hydrogen-bond acceptors (Lipinski definition) is 1. The third-order valence-corrected chi connectivity index (χ3v) is 5.46. The second-order valence-corrected chi connectivity index (χ2v) is 7.01. The third-order valence-electron chi connectivity index (χ3n) is 3.44. The number of halogens is 2. The van der Waals surface area contributed by atoms with Crippen LogP contribution in [0.25, 0.3) is 0 Å². The Labute approximate surface area is 145 Å². The fourth-order valence-electron chi connectivity index (χ4n) is 2.56. The van der Waals surface area contributed by atoms with Gasteiger partial charge in [0.25, 0.3) is 0 Å². The molecule has 4 heteroatoms. The Bertz CT molecular complexity index is 472. The Morgan fingerprint density at radius 2 is 2.00 bits per heavy atom. The van der Waals surface area contributed by atoms with Crippen LogP contribution in [0.3, 0.4) is 0 Å². The summed E-state index contributed by atoms with van der Waals surface area (Å²) in [4.78, 5) is 1.56. The van der Waals surface area contributed by atoms with Gasteiger partial charge in [-0.1, -0.05) is 0 Å². The summed E-state index contributed by atoms with van der Waals surface area (Å²) < 4.78 is 1.53. The van der Waals surface area contributed by atoms with Crippen molar-refractivity contribution in [1.82, 2.24) is 0 Å². The van der Waals surface area contributed by atoms with Crippen LogP contribution in [0.5, 0.6) is 0 Å². The Morgan fingerprint density at radius 1 is 1.32 bits per heavy atom. The van der Waals surface area contributed by atoms with Crippen LogP contribution in [-0.2, 0) is 32.3 Å². The summed E-state index contributed by atoms with van der Waals surface area (Å²) in [5.41, 5.74) is 3.25. The fraction of sp³-hybridized carbons (Fsp3) is 0.467. The molecule has 0 atom stereocenters. The van der Waals surface area contributed by atoms with Gasteiger partial charge in [-0.25, -0.2) is 0 Å². The van der Waals surface area contributed by atoms with E-state index in [1.165, 1.54) is 22.3 Å². The largest absolute Gasteiger partial charge is 1.00 e. The summed E-state index contributed by atoms with van der Waals surface area (Å²) in [6.45, 7) is 6.99. The molecule has 1 aromatic rings. The first-order valence-corrected chi connectivity index (χ1v) is 7.92. The van der Waals surface area contributed by atoms with Crippen LogP contribution >= 0.6 is 11.3 Å². The molecule has 0 fully saturated rings. The Balaban J connectivity index is 0.00000162. The van der Waals surface area contributed by atoms with Gasteiger partial charge in [0, 0.05) is 0 Å². The summed E-state index contributed by atoms with van der Waals surface area (Å²) in [7, 11) is 0. The standard InChI is InChI=1S/C15H19S.2ClH.Ti/c1-4-7-12-10-11-16-14(12)15(2,3)13-8-5-6-9-13;;;/h5,8,10-11H,4,6-7H2,1-3H3;2*1H;/q;;;+2/p-2. The number of hydrogen-bond donors (Lipinski definition) is 0. The minimum absolute atomic E-state index is 0. The maximum Gasteiger partial charge on any atom is -1.00 e. The summed E-state index contributed by atoms with van der Waals surface area (Å²) in [5, 5.41) is 2.25. The van der Waals surface area contributed by atoms with E-state index in [4.69, 9.17) is 0 Å². The van der Waals surface area contributed by atoms with E-state index in [9.17, 15) is 0 Å². The van der Waals surface area contributed by atoms with Crippen LogP contribution in [0.15, 0.2) is 33.0 Å². The normalized spacial score (nSPS) is 14.4. The van der Waals surface area contributed by atoms with Crippen molar-refractivity contribution in [2.24, 2.45) is 0 Å². The monoisotopic (exact) mass is 349 g/mol. The van der Waals surface area contributed by atoms with Crippen molar-refractivity contribution in [1.29, 1.82) is 0 Å². The van der Waals surface area contributed by atoms with Crippen LogP contribution in [0.1, 0.15) is 44.1 Å². The molecule has 1 aliphatic rings. The van der Waals surface area contributed by atoms with Crippen molar-refractivity contribution in [2.75, 3.05) is 0 Å². The first-order chi connectivity index (χ1) is 8.07.